The van der Waals surface area contributed by atoms with Crippen molar-refractivity contribution in [3.63, 3.8) is 0 Å². The largest absolute Gasteiger partial charge is 0.352 e. The van der Waals surface area contributed by atoms with Crippen LogP contribution in [0.15, 0.2) is 24.3 Å². The van der Waals surface area contributed by atoms with Crippen LogP contribution in [0.5, 0.6) is 0 Å². The Bertz CT molecular complexity index is 402. The summed E-state index contributed by atoms with van der Waals surface area (Å²) in [6, 6.07) is 6.38. The standard InChI is InChI=1S/C11H14N2O3/c1-8(2)11(14)12-7-9-5-3-4-6-10(9)13(15)16/h3-6,8H,7H2,1-2H3,(H,12,14). The molecule has 0 aromatic heterocycles. The molecule has 1 aromatic carbocycles. The van der Waals surface area contributed by atoms with E-state index in [1.165, 1.54) is 6.07 Å². The summed E-state index contributed by atoms with van der Waals surface area (Å²) in [6.45, 7) is 3.73. The summed E-state index contributed by atoms with van der Waals surface area (Å²) in [5, 5.41) is 13.3. The molecule has 0 aliphatic rings. The van der Waals surface area contributed by atoms with Crippen LogP contribution in [-0.4, -0.2) is 10.8 Å². The van der Waals surface area contributed by atoms with Crippen molar-refractivity contribution < 1.29 is 9.72 Å². The molecule has 1 N–H and O–H groups in total. The molecular formula is C11H14N2O3. The van der Waals surface area contributed by atoms with Crippen molar-refractivity contribution in [1.29, 1.82) is 0 Å². The molecule has 0 saturated heterocycles. The van der Waals surface area contributed by atoms with Gasteiger partial charge in [-0.15, -0.1) is 0 Å². The van der Waals surface area contributed by atoms with Crippen molar-refractivity contribution in [2.75, 3.05) is 0 Å². The van der Waals surface area contributed by atoms with Gasteiger partial charge in [0.1, 0.15) is 0 Å². The highest BCUT2D eigenvalue weighted by molar-refractivity contribution is 5.77. The Kier molecular flexibility index (Phi) is 3.99. The van der Waals surface area contributed by atoms with Crippen molar-refractivity contribution >= 4 is 11.6 Å². The second kappa shape index (κ2) is 5.25. The zero-order chi connectivity index (χ0) is 12.1. The molecule has 5 heteroatoms. The van der Waals surface area contributed by atoms with Gasteiger partial charge in [-0.2, -0.15) is 0 Å². The molecule has 0 bridgehead atoms. The molecule has 1 amide bonds. The van der Waals surface area contributed by atoms with Gasteiger partial charge in [-0.25, -0.2) is 0 Å². The molecule has 16 heavy (non-hydrogen) atoms. The van der Waals surface area contributed by atoms with Crippen LogP contribution in [0.1, 0.15) is 19.4 Å². The van der Waals surface area contributed by atoms with E-state index in [9.17, 15) is 14.9 Å². The second-order valence-electron chi connectivity index (χ2n) is 3.76. The fourth-order valence-electron chi connectivity index (χ4n) is 1.22. The molecule has 0 saturated carbocycles. The van der Waals surface area contributed by atoms with Gasteiger partial charge >= 0.3 is 0 Å². The van der Waals surface area contributed by atoms with E-state index in [0.717, 1.165) is 0 Å². The summed E-state index contributed by atoms with van der Waals surface area (Å²) in [7, 11) is 0. The number of hydrogen-bond donors (Lipinski definition) is 1. The predicted molar refractivity (Wildman–Crippen MR) is 59.8 cm³/mol. The number of carbonyl (C=O) groups excluding carboxylic acids is 1. The SMILES string of the molecule is CC(C)C(=O)NCc1ccccc1[N+](=O)[O-]. The van der Waals surface area contributed by atoms with Crippen LogP contribution in [0.25, 0.3) is 0 Å². The Hall–Kier alpha value is -1.91. The highest BCUT2D eigenvalue weighted by Crippen LogP contribution is 2.17. The fourth-order valence-corrected chi connectivity index (χ4v) is 1.22. The van der Waals surface area contributed by atoms with Crippen LogP contribution in [0.2, 0.25) is 0 Å². The number of nitro benzene ring substituents is 1. The molecule has 0 heterocycles. The second-order valence-corrected chi connectivity index (χ2v) is 3.76. The van der Waals surface area contributed by atoms with Crippen molar-refractivity contribution in [2.24, 2.45) is 5.92 Å². The van der Waals surface area contributed by atoms with Crippen molar-refractivity contribution in [3.8, 4) is 0 Å². The highest BCUT2D eigenvalue weighted by Gasteiger charge is 2.13. The predicted octanol–water partition coefficient (Wildman–Crippen LogP) is 1.87. The third-order valence-corrected chi connectivity index (χ3v) is 2.17. The number of nitrogens with one attached hydrogen (secondary N) is 1. The van der Waals surface area contributed by atoms with Gasteiger partial charge in [0, 0.05) is 24.1 Å². The minimum Gasteiger partial charge on any atom is -0.352 e. The van der Waals surface area contributed by atoms with Gasteiger partial charge in [0.25, 0.3) is 5.69 Å². The Labute approximate surface area is 93.6 Å². The number of para-hydroxylation sites is 1. The monoisotopic (exact) mass is 222 g/mol. The number of nitro groups is 1. The average molecular weight is 222 g/mol. The van der Waals surface area contributed by atoms with E-state index in [0.29, 0.717) is 5.56 Å². The third kappa shape index (κ3) is 3.05. The molecule has 0 fully saturated rings. The Balaban J connectivity index is 2.74. The van der Waals surface area contributed by atoms with Gasteiger partial charge in [-0.1, -0.05) is 32.0 Å². The minimum atomic E-state index is -0.448. The van der Waals surface area contributed by atoms with Gasteiger partial charge in [-0.3, -0.25) is 14.9 Å². The fraction of sp³-hybridized carbons (Fsp3) is 0.364. The summed E-state index contributed by atoms with van der Waals surface area (Å²) in [4.78, 5) is 21.6. The Morgan fingerprint density at radius 1 is 1.44 bits per heavy atom. The highest BCUT2D eigenvalue weighted by atomic mass is 16.6. The quantitative estimate of drug-likeness (QED) is 0.624. The number of amides is 1. The van der Waals surface area contributed by atoms with Gasteiger partial charge in [0.2, 0.25) is 5.91 Å². The smallest absolute Gasteiger partial charge is 0.274 e. The number of rotatable bonds is 4. The van der Waals surface area contributed by atoms with E-state index < -0.39 is 4.92 Å². The van der Waals surface area contributed by atoms with Crippen molar-refractivity contribution in [1.82, 2.24) is 5.32 Å². The van der Waals surface area contributed by atoms with Gasteiger partial charge < -0.3 is 5.32 Å². The number of carbonyl (C=O) groups is 1. The molecule has 0 aliphatic heterocycles. The van der Waals surface area contributed by atoms with Crippen LogP contribution >= 0.6 is 0 Å². The Morgan fingerprint density at radius 2 is 2.06 bits per heavy atom. The Morgan fingerprint density at radius 3 is 2.62 bits per heavy atom. The van der Waals surface area contributed by atoms with Crippen LogP contribution in [0.3, 0.4) is 0 Å². The zero-order valence-electron chi connectivity index (χ0n) is 9.27. The summed E-state index contributed by atoms with van der Waals surface area (Å²) < 4.78 is 0. The molecule has 0 spiro atoms. The normalized spacial score (nSPS) is 10.2. The first-order chi connectivity index (χ1) is 7.52. The van der Waals surface area contributed by atoms with Gasteiger partial charge in [-0.05, 0) is 0 Å². The molecule has 0 aliphatic carbocycles. The number of benzene rings is 1. The van der Waals surface area contributed by atoms with E-state index in [2.05, 4.69) is 5.32 Å². The van der Waals surface area contributed by atoms with Crippen LogP contribution in [0.4, 0.5) is 5.69 Å². The summed E-state index contributed by atoms with van der Waals surface area (Å²) >= 11 is 0. The van der Waals surface area contributed by atoms with E-state index in [-0.39, 0.29) is 24.1 Å². The van der Waals surface area contributed by atoms with Gasteiger partial charge in [0.15, 0.2) is 0 Å². The molecule has 1 rings (SSSR count). The molecule has 0 atom stereocenters. The lowest BCUT2D eigenvalue weighted by atomic mass is 10.1. The van der Waals surface area contributed by atoms with Crippen LogP contribution < -0.4 is 5.32 Å². The molecule has 0 radical (unpaired) electrons. The average Bonchev–Trinajstić information content (AvgIpc) is 2.25. The zero-order valence-corrected chi connectivity index (χ0v) is 9.27. The van der Waals surface area contributed by atoms with Gasteiger partial charge in [0.05, 0.1) is 4.92 Å². The molecule has 1 aromatic rings. The lowest BCUT2D eigenvalue weighted by Gasteiger charge is -2.07. The van der Waals surface area contributed by atoms with E-state index in [1.807, 2.05) is 0 Å². The number of hydrogen-bond acceptors (Lipinski definition) is 3. The third-order valence-electron chi connectivity index (χ3n) is 2.17. The first-order valence-electron chi connectivity index (χ1n) is 5.02. The molecule has 5 nitrogen and oxygen atoms in total. The van der Waals surface area contributed by atoms with Crippen LogP contribution in [-0.2, 0) is 11.3 Å². The van der Waals surface area contributed by atoms with E-state index in [4.69, 9.17) is 0 Å². The van der Waals surface area contributed by atoms with Crippen LogP contribution in [0, 0.1) is 16.0 Å². The minimum absolute atomic E-state index is 0.0338. The molecule has 86 valence electrons. The van der Waals surface area contributed by atoms with E-state index >= 15 is 0 Å². The van der Waals surface area contributed by atoms with E-state index in [1.54, 1.807) is 32.0 Å². The lowest BCUT2D eigenvalue weighted by Crippen LogP contribution is -2.27. The summed E-state index contributed by atoms with van der Waals surface area (Å²) in [6.07, 6.45) is 0. The maximum atomic E-state index is 11.3. The first-order valence-corrected chi connectivity index (χ1v) is 5.02. The topological polar surface area (TPSA) is 72.2 Å². The summed E-state index contributed by atoms with van der Waals surface area (Å²) in [5.41, 5.74) is 0.549. The molecule has 0 unspecified atom stereocenters. The maximum Gasteiger partial charge on any atom is 0.274 e. The molecular weight excluding hydrogens is 208 g/mol. The number of nitrogens with zero attached hydrogens (tertiary/aromatic N) is 1. The van der Waals surface area contributed by atoms with Crippen molar-refractivity contribution in [3.05, 3.63) is 39.9 Å². The van der Waals surface area contributed by atoms with Crippen molar-refractivity contribution in [2.45, 2.75) is 20.4 Å². The first kappa shape index (κ1) is 12.2. The lowest BCUT2D eigenvalue weighted by molar-refractivity contribution is -0.385. The maximum absolute atomic E-state index is 11.3. The summed E-state index contributed by atoms with van der Waals surface area (Å²) in [5.74, 6) is -0.235.